The zero-order chi connectivity index (χ0) is 18.2. The van der Waals surface area contributed by atoms with E-state index < -0.39 is 0 Å². The number of ether oxygens (including phenoxy) is 1. The molecule has 0 aromatic heterocycles. The van der Waals surface area contributed by atoms with Crippen LogP contribution in [0.3, 0.4) is 0 Å². The van der Waals surface area contributed by atoms with E-state index in [1.165, 1.54) is 101 Å². The monoisotopic (exact) mass is 346 g/mol. The molecule has 0 saturated carbocycles. The standard InChI is InChI=1S/C24H42O/c1-4-6-7-8-9-10-11-12-13-14-15-16-17-19-23-20-18-21-24(22(23)3)25-5-2/h18,20-21H,4-17,19H2,1-3H3. The highest BCUT2D eigenvalue weighted by molar-refractivity contribution is 5.39. The predicted octanol–water partition coefficient (Wildman–Crippen LogP) is 8.03. The quantitative estimate of drug-likeness (QED) is 0.275. The van der Waals surface area contributed by atoms with E-state index in [9.17, 15) is 0 Å². The first-order chi connectivity index (χ1) is 12.3. The van der Waals surface area contributed by atoms with Crippen molar-refractivity contribution in [3.63, 3.8) is 0 Å². The van der Waals surface area contributed by atoms with E-state index in [-0.39, 0.29) is 0 Å². The van der Waals surface area contributed by atoms with Crippen LogP contribution in [0.15, 0.2) is 18.2 Å². The van der Waals surface area contributed by atoms with E-state index in [2.05, 4.69) is 39.0 Å². The normalized spacial score (nSPS) is 11.0. The molecule has 1 heteroatoms. The lowest BCUT2D eigenvalue weighted by Gasteiger charge is -2.11. The SMILES string of the molecule is CCCCCCCCCCCCCCCc1cccc(OCC)c1C. The Morgan fingerprint density at radius 1 is 0.680 bits per heavy atom. The van der Waals surface area contributed by atoms with Gasteiger partial charge in [-0.25, -0.2) is 0 Å². The van der Waals surface area contributed by atoms with Gasteiger partial charge in [-0.3, -0.25) is 0 Å². The third-order valence-corrected chi connectivity index (χ3v) is 5.25. The summed E-state index contributed by atoms with van der Waals surface area (Å²) in [4.78, 5) is 0. The summed E-state index contributed by atoms with van der Waals surface area (Å²) in [6.45, 7) is 7.29. The fraction of sp³-hybridized carbons (Fsp3) is 0.750. The average molecular weight is 347 g/mol. The molecule has 0 N–H and O–H groups in total. The molecule has 0 spiro atoms. The van der Waals surface area contributed by atoms with Crippen LogP contribution in [-0.2, 0) is 6.42 Å². The number of rotatable bonds is 16. The Kier molecular flexibility index (Phi) is 13.5. The fourth-order valence-electron chi connectivity index (χ4n) is 3.58. The molecule has 25 heavy (non-hydrogen) atoms. The first-order valence-corrected chi connectivity index (χ1v) is 11.0. The Morgan fingerprint density at radius 3 is 1.72 bits per heavy atom. The fourth-order valence-corrected chi connectivity index (χ4v) is 3.58. The molecule has 0 aliphatic heterocycles. The number of hydrogen-bond acceptors (Lipinski definition) is 1. The lowest BCUT2D eigenvalue weighted by atomic mass is 10.00. The lowest BCUT2D eigenvalue weighted by molar-refractivity contribution is 0.337. The van der Waals surface area contributed by atoms with Crippen LogP contribution >= 0.6 is 0 Å². The number of aryl methyl sites for hydroxylation is 1. The zero-order valence-corrected chi connectivity index (χ0v) is 17.2. The lowest BCUT2D eigenvalue weighted by Crippen LogP contribution is -1.97. The van der Waals surface area contributed by atoms with Crippen molar-refractivity contribution in [3.05, 3.63) is 29.3 Å². The van der Waals surface area contributed by atoms with Crippen molar-refractivity contribution in [2.45, 2.75) is 111 Å². The Morgan fingerprint density at radius 2 is 1.20 bits per heavy atom. The van der Waals surface area contributed by atoms with Gasteiger partial charge in [-0.1, -0.05) is 96.1 Å². The summed E-state index contributed by atoms with van der Waals surface area (Å²) in [6, 6.07) is 6.49. The number of benzene rings is 1. The molecular weight excluding hydrogens is 304 g/mol. The van der Waals surface area contributed by atoms with Gasteiger partial charge in [-0.15, -0.1) is 0 Å². The number of hydrogen-bond donors (Lipinski definition) is 0. The van der Waals surface area contributed by atoms with E-state index in [1.54, 1.807) is 0 Å². The summed E-state index contributed by atoms with van der Waals surface area (Å²) in [5, 5.41) is 0. The highest BCUT2D eigenvalue weighted by Gasteiger charge is 2.04. The van der Waals surface area contributed by atoms with Gasteiger partial charge in [-0.05, 0) is 43.9 Å². The molecule has 0 unspecified atom stereocenters. The van der Waals surface area contributed by atoms with Gasteiger partial charge in [0.05, 0.1) is 6.61 Å². The van der Waals surface area contributed by atoms with Crippen LogP contribution < -0.4 is 4.74 Å². The predicted molar refractivity (Wildman–Crippen MR) is 112 cm³/mol. The molecule has 0 fully saturated rings. The van der Waals surface area contributed by atoms with Crippen molar-refractivity contribution in [2.24, 2.45) is 0 Å². The summed E-state index contributed by atoms with van der Waals surface area (Å²) < 4.78 is 5.70. The third-order valence-electron chi connectivity index (χ3n) is 5.25. The highest BCUT2D eigenvalue weighted by atomic mass is 16.5. The van der Waals surface area contributed by atoms with Gasteiger partial charge in [0.15, 0.2) is 0 Å². The molecule has 1 aromatic carbocycles. The summed E-state index contributed by atoms with van der Waals surface area (Å²) in [6.07, 6.45) is 19.7. The van der Waals surface area contributed by atoms with Crippen molar-refractivity contribution in [1.82, 2.24) is 0 Å². The molecule has 0 saturated heterocycles. The van der Waals surface area contributed by atoms with Gasteiger partial charge in [0.25, 0.3) is 0 Å². The molecule has 0 aliphatic carbocycles. The Balaban J connectivity index is 1.96. The molecule has 1 nitrogen and oxygen atoms in total. The maximum atomic E-state index is 5.70. The smallest absolute Gasteiger partial charge is 0.122 e. The Hall–Kier alpha value is -0.980. The van der Waals surface area contributed by atoms with E-state index >= 15 is 0 Å². The maximum absolute atomic E-state index is 5.70. The van der Waals surface area contributed by atoms with E-state index in [0.717, 1.165) is 12.4 Å². The zero-order valence-electron chi connectivity index (χ0n) is 17.2. The molecular formula is C24H42O. The van der Waals surface area contributed by atoms with Crippen LogP contribution in [0, 0.1) is 6.92 Å². The van der Waals surface area contributed by atoms with E-state index in [4.69, 9.17) is 4.74 Å². The summed E-state index contributed by atoms with van der Waals surface area (Å²) >= 11 is 0. The molecule has 0 aliphatic rings. The first kappa shape index (κ1) is 22.1. The summed E-state index contributed by atoms with van der Waals surface area (Å²) in [5.41, 5.74) is 2.80. The van der Waals surface area contributed by atoms with E-state index in [1.807, 2.05) is 0 Å². The average Bonchev–Trinajstić information content (AvgIpc) is 2.62. The van der Waals surface area contributed by atoms with E-state index in [0.29, 0.717) is 0 Å². The van der Waals surface area contributed by atoms with Crippen LogP contribution in [0.25, 0.3) is 0 Å². The van der Waals surface area contributed by atoms with Gasteiger partial charge in [0, 0.05) is 0 Å². The van der Waals surface area contributed by atoms with Crippen LogP contribution in [0.5, 0.6) is 5.75 Å². The summed E-state index contributed by atoms with van der Waals surface area (Å²) in [5.74, 6) is 1.06. The minimum Gasteiger partial charge on any atom is -0.494 e. The topological polar surface area (TPSA) is 9.23 Å². The van der Waals surface area contributed by atoms with Gasteiger partial charge < -0.3 is 4.74 Å². The molecule has 0 amide bonds. The minimum atomic E-state index is 0.753. The van der Waals surface area contributed by atoms with Crippen LogP contribution in [-0.4, -0.2) is 6.61 Å². The third kappa shape index (κ3) is 10.6. The largest absolute Gasteiger partial charge is 0.494 e. The second kappa shape index (κ2) is 15.3. The van der Waals surface area contributed by atoms with Crippen molar-refractivity contribution in [2.75, 3.05) is 6.61 Å². The van der Waals surface area contributed by atoms with Crippen molar-refractivity contribution >= 4 is 0 Å². The molecule has 0 atom stereocenters. The van der Waals surface area contributed by atoms with Gasteiger partial charge in [-0.2, -0.15) is 0 Å². The minimum absolute atomic E-state index is 0.753. The second-order valence-electron chi connectivity index (χ2n) is 7.47. The Bertz CT molecular complexity index is 424. The molecule has 144 valence electrons. The highest BCUT2D eigenvalue weighted by Crippen LogP contribution is 2.23. The van der Waals surface area contributed by atoms with Crippen molar-refractivity contribution in [3.8, 4) is 5.75 Å². The number of unbranched alkanes of at least 4 members (excludes halogenated alkanes) is 12. The molecule has 0 bridgehead atoms. The van der Waals surface area contributed by atoms with Gasteiger partial charge in [0.1, 0.15) is 5.75 Å². The van der Waals surface area contributed by atoms with Crippen molar-refractivity contribution < 1.29 is 4.74 Å². The molecule has 0 radical (unpaired) electrons. The first-order valence-electron chi connectivity index (χ1n) is 11.0. The van der Waals surface area contributed by atoms with Gasteiger partial charge in [0.2, 0.25) is 0 Å². The van der Waals surface area contributed by atoms with Crippen LogP contribution in [0.4, 0.5) is 0 Å². The molecule has 1 aromatic rings. The summed E-state index contributed by atoms with van der Waals surface area (Å²) in [7, 11) is 0. The van der Waals surface area contributed by atoms with Crippen LogP contribution in [0.2, 0.25) is 0 Å². The van der Waals surface area contributed by atoms with Crippen LogP contribution in [0.1, 0.15) is 108 Å². The Labute approximate surface area is 157 Å². The molecule has 1 rings (SSSR count). The van der Waals surface area contributed by atoms with Gasteiger partial charge >= 0.3 is 0 Å². The second-order valence-corrected chi connectivity index (χ2v) is 7.47. The van der Waals surface area contributed by atoms with Crippen molar-refractivity contribution in [1.29, 1.82) is 0 Å². The maximum Gasteiger partial charge on any atom is 0.122 e. The molecule has 0 heterocycles.